The molecule has 134 valence electrons. The second-order valence-corrected chi connectivity index (χ2v) is 6.51. The number of rotatable bonds is 4. The minimum absolute atomic E-state index is 0.0959. The zero-order valence-electron chi connectivity index (χ0n) is 13.4. The van der Waals surface area contributed by atoms with Crippen molar-refractivity contribution in [2.45, 2.75) is 0 Å². The number of nitrogens with zero attached hydrogens (tertiary/aromatic N) is 5. The van der Waals surface area contributed by atoms with Crippen molar-refractivity contribution in [1.82, 2.24) is 15.3 Å². The summed E-state index contributed by atoms with van der Waals surface area (Å²) in [6.45, 7) is 2.10. The van der Waals surface area contributed by atoms with Crippen molar-refractivity contribution < 1.29 is 14.3 Å². The van der Waals surface area contributed by atoms with Crippen molar-refractivity contribution in [3.05, 3.63) is 39.0 Å². The summed E-state index contributed by atoms with van der Waals surface area (Å²) in [6.07, 6.45) is 1.65. The largest absolute Gasteiger partial charge is 0.378 e. The molecule has 0 bridgehead atoms. The lowest BCUT2D eigenvalue weighted by Gasteiger charge is -2.28. The van der Waals surface area contributed by atoms with Gasteiger partial charge >= 0.3 is 5.69 Å². The number of halogens is 1. The van der Waals surface area contributed by atoms with Crippen molar-refractivity contribution in [2.75, 3.05) is 36.5 Å². The molecule has 26 heavy (non-hydrogen) atoms. The summed E-state index contributed by atoms with van der Waals surface area (Å²) >= 11 is 3.33. The van der Waals surface area contributed by atoms with E-state index >= 15 is 0 Å². The van der Waals surface area contributed by atoms with Crippen LogP contribution in [0.1, 0.15) is 0 Å². The third-order valence-corrected chi connectivity index (χ3v) is 4.49. The Morgan fingerprint density at radius 2 is 2.00 bits per heavy atom. The maximum absolute atomic E-state index is 11.7. The lowest BCUT2D eigenvalue weighted by molar-refractivity contribution is -0.382. The number of benzene rings is 1. The number of anilines is 3. The minimum Gasteiger partial charge on any atom is -0.378 e. The molecule has 0 saturated carbocycles. The first-order valence-electron chi connectivity index (χ1n) is 7.78. The fraction of sp³-hybridized carbons (Fsp3) is 0.267. The van der Waals surface area contributed by atoms with E-state index in [9.17, 15) is 10.1 Å². The molecule has 11 heteroatoms. The van der Waals surface area contributed by atoms with Gasteiger partial charge in [-0.25, -0.2) is 9.61 Å². The fourth-order valence-electron chi connectivity index (χ4n) is 2.82. The molecule has 0 aliphatic carbocycles. The van der Waals surface area contributed by atoms with Gasteiger partial charge in [-0.05, 0) is 44.4 Å². The Hall–Kier alpha value is -2.79. The molecular weight excluding hydrogens is 408 g/mol. The SMILES string of the molecule is O=[N+]([O-])c1c(N2CCOCC2)cc(Nc2ccc(Br)cn2)c2nonc12. The standard InChI is InChI=1S/C15H13BrN6O4/c16-9-1-2-12(17-8-9)18-10-7-11(21-3-5-25-6-4-21)15(22(23)24)14-13(10)19-26-20-14/h1-2,7-8H,3-6H2,(H,17,18). The highest BCUT2D eigenvalue weighted by atomic mass is 79.9. The van der Waals surface area contributed by atoms with Crippen LogP contribution in [0.3, 0.4) is 0 Å². The quantitative estimate of drug-likeness (QED) is 0.501. The van der Waals surface area contributed by atoms with Crippen LogP contribution in [0, 0.1) is 10.1 Å². The number of hydrogen-bond acceptors (Lipinski definition) is 9. The molecule has 1 saturated heterocycles. The topological polar surface area (TPSA) is 119 Å². The average Bonchev–Trinajstić information content (AvgIpc) is 3.13. The Balaban J connectivity index is 1.84. The van der Waals surface area contributed by atoms with Crippen LogP contribution in [-0.2, 0) is 4.74 Å². The molecule has 1 fully saturated rings. The second-order valence-electron chi connectivity index (χ2n) is 5.60. The Morgan fingerprint density at radius 3 is 2.69 bits per heavy atom. The number of pyridine rings is 1. The van der Waals surface area contributed by atoms with E-state index in [4.69, 9.17) is 9.37 Å². The van der Waals surface area contributed by atoms with Crippen LogP contribution >= 0.6 is 15.9 Å². The number of nitro benzene ring substituents is 1. The van der Waals surface area contributed by atoms with E-state index < -0.39 is 4.92 Å². The first-order valence-corrected chi connectivity index (χ1v) is 8.58. The van der Waals surface area contributed by atoms with E-state index in [1.807, 2.05) is 11.0 Å². The number of ether oxygens (including phenoxy) is 1. The van der Waals surface area contributed by atoms with Gasteiger partial charge in [0.1, 0.15) is 11.5 Å². The molecule has 10 nitrogen and oxygen atoms in total. The molecule has 1 aliphatic rings. The van der Waals surface area contributed by atoms with E-state index in [2.05, 4.69) is 36.5 Å². The Kier molecular flexibility index (Phi) is 4.39. The van der Waals surface area contributed by atoms with Crippen LogP contribution in [0.2, 0.25) is 0 Å². The number of hydrogen-bond donors (Lipinski definition) is 1. The van der Waals surface area contributed by atoms with E-state index in [-0.39, 0.29) is 16.7 Å². The molecule has 3 aromatic rings. The molecule has 0 amide bonds. The third kappa shape index (κ3) is 3.06. The average molecular weight is 421 g/mol. The molecule has 2 aromatic heterocycles. The van der Waals surface area contributed by atoms with Crippen molar-refractivity contribution in [1.29, 1.82) is 0 Å². The molecule has 0 atom stereocenters. The van der Waals surface area contributed by atoms with Gasteiger partial charge in [0.05, 0.1) is 23.8 Å². The van der Waals surface area contributed by atoms with Gasteiger partial charge in [0.2, 0.25) is 5.52 Å². The number of nitro groups is 1. The summed E-state index contributed by atoms with van der Waals surface area (Å²) in [5.41, 5.74) is 1.22. The number of fused-ring (bicyclic) bond motifs is 1. The van der Waals surface area contributed by atoms with Gasteiger partial charge in [-0.3, -0.25) is 10.1 Å². The summed E-state index contributed by atoms with van der Waals surface area (Å²) in [7, 11) is 0. The first kappa shape index (κ1) is 16.7. The maximum atomic E-state index is 11.7. The van der Waals surface area contributed by atoms with Crippen molar-refractivity contribution in [3.8, 4) is 0 Å². The predicted molar refractivity (Wildman–Crippen MR) is 96.7 cm³/mol. The van der Waals surface area contributed by atoms with Crippen molar-refractivity contribution in [3.63, 3.8) is 0 Å². The van der Waals surface area contributed by atoms with Gasteiger partial charge in [-0.1, -0.05) is 0 Å². The van der Waals surface area contributed by atoms with Gasteiger partial charge in [-0.15, -0.1) is 0 Å². The van der Waals surface area contributed by atoms with Crippen LogP contribution in [0.4, 0.5) is 22.9 Å². The summed E-state index contributed by atoms with van der Waals surface area (Å²) in [5, 5.41) is 22.4. The van der Waals surface area contributed by atoms with Crippen molar-refractivity contribution in [2.24, 2.45) is 0 Å². The second kappa shape index (κ2) is 6.84. The van der Waals surface area contributed by atoms with E-state index in [0.29, 0.717) is 43.5 Å². The highest BCUT2D eigenvalue weighted by Crippen LogP contribution is 2.40. The van der Waals surface area contributed by atoms with Crippen LogP contribution in [0.5, 0.6) is 0 Å². The Labute approximate surface area is 155 Å². The van der Waals surface area contributed by atoms with Crippen molar-refractivity contribution >= 4 is 49.8 Å². The summed E-state index contributed by atoms with van der Waals surface area (Å²) < 4.78 is 11.0. The zero-order valence-corrected chi connectivity index (χ0v) is 15.0. The summed E-state index contributed by atoms with van der Waals surface area (Å²) in [5.74, 6) is 0.569. The molecule has 1 N–H and O–H groups in total. The van der Waals surface area contributed by atoms with Gasteiger partial charge in [0.25, 0.3) is 0 Å². The molecule has 0 radical (unpaired) electrons. The highest BCUT2D eigenvalue weighted by molar-refractivity contribution is 9.10. The minimum atomic E-state index is -0.459. The number of aromatic nitrogens is 3. The normalized spacial score (nSPS) is 14.6. The van der Waals surface area contributed by atoms with E-state index in [0.717, 1.165) is 4.47 Å². The molecule has 0 spiro atoms. The smallest absolute Gasteiger partial charge is 0.323 e. The first-order chi connectivity index (χ1) is 12.6. The van der Waals surface area contributed by atoms with Gasteiger partial charge in [-0.2, -0.15) is 0 Å². The molecule has 1 aromatic carbocycles. The number of morpholine rings is 1. The third-order valence-electron chi connectivity index (χ3n) is 4.02. The molecular formula is C15H13BrN6O4. The van der Waals surface area contributed by atoms with E-state index in [1.54, 1.807) is 18.3 Å². The predicted octanol–water partition coefficient (Wildman–Crippen LogP) is 2.87. The van der Waals surface area contributed by atoms with Crippen LogP contribution in [-0.4, -0.2) is 46.5 Å². The fourth-order valence-corrected chi connectivity index (χ4v) is 3.06. The lowest BCUT2D eigenvalue weighted by atomic mass is 10.1. The number of nitrogens with one attached hydrogen (secondary N) is 1. The molecule has 3 heterocycles. The van der Waals surface area contributed by atoms with Gasteiger partial charge in [0.15, 0.2) is 5.52 Å². The molecule has 4 rings (SSSR count). The zero-order chi connectivity index (χ0) is 18.1. The maximum Gasteiger partial charge on any atom is 0.323 e. The van der Waals surface area contributed by atoms with Crippen LogP contribution in [0.15, 0.2) is 33.5 Å². The Bertz CT molecular complexity index is 955. The van der Waals surface area contributed by atoms with Crippen LogP contribution in [0.25, 0.3) is 11.0 Å². The monoisotopic (exact) mass is 420 g/mol. The van der Waals surface area contributed by atoms with Gasteiger partial charge in [0, 0.05) is 23.8 Å². The van der Waals surface area contributed by atoms with Crippen LogP contribution < -0.4 is 10.2 Å². The Morgan fingerprint density at radius 1 is 1.23 bits per heavy atom. The highest BCUT2D eigenvalue weighted by Gasteiger charge is 2.29. The lowest BCUT2D eigenvalue weighted by Crippen LogP contribution is -2.36. The van der Waals surface area contributed by atoms with E-state index in [1.165, 1.54) is 0 Å². The van der Waals surface area contributed by atoms with Gasteiger partial charge < -0.3 is 15.0 Å². The summed E-state index contributed by atoms with van der Waals surface area (Å²) in [6, 6.07) is 5.29. The summed E-state index contributed by atoms with van der Waals surface area (Å²) in [4.78, 5) is 17.4. The molecule has 0 unspecified atom stereocenters. The molecule has 1 aliphatic heterocycles.